The van der Waals surface area contributed by atoms with Crippen LogP contribution in [-0.2, 0) is 5.33 Å². The van der Waals surface area contributed by atoms with Crippen molar-refractivity contribution in [1.82, 2.24) is 0 Å². The van der Waals surface area contributed by atoms with E-state index in [1.54, 1.807) is 18.2 Å². The van der Waals surface area contributed by atoms with Gasteiger partial charge in [-0.3, -0.25) is 9.69 Å². The van der Waals surface area contributed by atoms with Crippen molar-refractivity contribution in [2.75, 3.05) is 10.2 Å². The van der Waals surface area contributed by atoms with E-state index in [1.165, 1.54) is 4.90 Å². The molecule has 0 bridgehead atoms. The fourth-order valence-electron chi connectivity index (χ4n) is 3.33. The van der Waals surface area contributed by atoms with Crippen molar-refractivity contribution >= 4 is 39.3 Å². The Balaban J connectivity index is 2.06. The highest BCUT2D eigenvalue weighted by molar-refractivity contribution is 9.08. The molecule has 160 valence electrons. The van der Waals surface area contributed by atoms with E-state index in [0.29, 0.717) is 22.3 Å². The average Bonchev–Trinajstić information content (AvgIpc) is 2.74. The van der Waals surface area contributed by atoms with E-state index < -0.39 is 11.6 Å². The number of anilines is 2. The summed E-state index contributed by atoms with van der Waals surface area (Å²) in [5.41, 5.74) is 3.58. The van der Waals surface area contributed by atoms with E-state index >= 15 is 0 Å². The van der Waals surface area contributed by atoms with Crippen LogP contribution in [0.1, 0.15) is 36.7 Å². The molecule has 6 heteroatoms. The quantitative estimate of drug-likeness (QED) is 0.395. The van der Waals surface area contributed by atoms with Gasteiger partial charge >= 0.3 is 6.09 Å². The van der Waals surface area contributed by atoms with Gasteiger partial charge < -0.3 is 10.4 Å². The lowest BCUT2D eigenvalue weighted by molar-refractivity contribution is 0.102. The Labute approximate surface area is 190 Å². The normalized spacial score (nSPS) is 11.1. The third-order valence-electron chi connectivity index (χ3n) is 4.83. The van der Waals surface area contributed by atoms with Gasteiger partial charge in [0.15, 0.2) is 0 Å². The van der Waals surface area contributed by atoms with Gasteiger partial charge in [-0.05, 0) is 61.7 Å². The van der Waals surface area contributed by atoms with Gasteiger partial charge in [0.2, 0.25) is 0 Å². The highest BCUT2D eigenvalue weighted by Gasteiger charge is 2.30. The number of carbonyl (C=O) groups is 2. The molecular formula is C25H25BrN2O3. The Morgan fingerprint density at radius 1 is 0.935 bits per heavy atom. The van der Waals surface area contributed by atoms with Gasteiger partial charge in [-0.25, -0.2) is 4.79 Å². The molecule has 0 radical (unpaired) electrons. The predicted octanol–water partition coefficient (Wildman–Crippen LogP) is 6.78. The highest BCUT2D eigenvalue weighted by atomic mass is 79.9. The van der Waals surface area contributed by atoms with Crippen molar-refractivity contribution in [2.45, 2.75) is 31.6 Å². The number of amides is 2. The summed E-state index contributed by atoms with van der Waals surface area (Å²) in [6.45, 7) is 5.45. The molecule has 3 rings (SSSR count). The molecule has 0 aliphatic heterocycles. The minimum atomic E-state index is -1.09. The van der Waals surface area contributed by atoms with Gasteiger partial charge in [-0.1, -0.05) is 64.5 Å². The molecule has 0 fully saturated rings. The number of nitrogens with zero attached hydrogens (tertiary/aromatic N) is 1. The number of carbonyl (C=O) groups excluding carboxylic acids is 1. The maximum absolute atomic E-state index is 13.0. The first-order chi connectivity index (χ1) is 14.7. The first-order valence-corrected chi connectivity index (χ1v) is 11.0. The number of nitrogens with one attached hydrogen (secondary N) is 1. The summed E-state index contributed by atoms with van der Waals surface area (Å²) >= 11 is 3.40. The van der Waals surface area contributed by atoms with Gasteiger partial charge in [0.25, 0.3) is 5.91 Å². The van der Waals surface area contributed by atoms with Crippen molar-refractivity contribution in [1.29, 1.82) is 0 Å². The summed E-state index contributed by atoms with van der Waals surface area (Å²) in [5, 5.41) is 13.5. The molecule has 0 spiro atoms. The van der Waals surface area contributed by atoms with Gasteiger partial charge in [0.1, 0.15) is 0 Å². The second kappa shape index (κ2) is 9.35. The van der Waals surface area contributed by atoms with Crippen molar-refractivity contribution in [3.63, 3.8) is 0 Å². The van der Waals surface area contributed by atoms with E-state index in [4.69, 9.17) is 0 Å². The maximum atomic E-state index is 13.0. The molecule has 0 unspecified atom stereocenters. The molecule has 2 N–H and O–H groups in total. The molecule has 31 heavy (non-hydrogen) atoms. The Bertz CT molecular complexity index is 1070. The third kappa shape index (κ3) is 5.33. The van der Waals surface area contributed by atoms with Crippen molar-refractivity contribution < 1.29 is 14.7 Å². The third-order valence-corrected chi connectivity index (χ3v) is 5.47. The predicted molar refractivity (Wildman–Crippen MR) is 129 cm³/mol. The van der Waals surface area contributed by atoms with E-state index in [0.717, 1.165) is 16.7 Å². The Morgan fingerprint density at radius 2 is 1.58 bits per heavy atom. The standard InChI is InChI=1S/C25H25BrN2O3/c1-25(2,3)28(24(30)31)22-14-13-20(18-7-5-4-6-8-18)15-21(22)27-23(29)19-11-9-17(16-26)10-12-19/h4-15H,16H2,1-3H3,(H,27,29)(H,30,31). The zero-order chi connectivity index (χ0) is 22.6. The van der Waals surface area contributed by atoms with Gasteiger partial charge in [-0.15, -0.1) is 0 Å². The highest BCUT2D eigenvalue weighted by Crippen LogP contribution is 2.35. The molecule has 0 atom stereocenters. The van der Waals surface area contributed by atoms with Crippen LogP contribution >= 0.6 is 15.9 Å². The number of hydrogen-bond acceptors (Lipinski definition) is 2. The summed E-state index contributed by atoms with van der Waals surface area (Å²) < 4.78 is 0. The summed E-state index contributed by atoms with van der Waals surface area (Å²) in [5.74, 6) is -0.299. The second-order valence-electron chi connectivity index (χ2n) is 8.17. The lowest BCUT2D eigenvalue weighted by atomic mass is 10.0. The van der Waals surface area contributed by atoms with Crippen LogP contribution in [0.4, 0.5) is 16.2 Å². The molecule has 3 aromatic carbocycles. The summed E-state index contributed by atoms with van der Waals surface area (Å²) in [7, 11) is 0. The smallest absolute Gasteiger partial charge is 0.412 e. The molecule has 0 aliphatic rings. The molecule has 3 aromatic rings. The number of benzene rings is 3. The average molecular weight is 481 g/mol. The second-order valence-corrected chi connectivity index (χ2v) is 8.73. The molecule has 0 aromatic heterocycles. The summed E-state index contributed by atoms with van der Waals surface area (Å²) in [6, 6.07) is 22.4. The van der Waals surface area contributed by atoms with Crippen molar-refractivity contribution in [3.8, 4) is 11.1 Å². The van der Waals surface area contributed by atoms with E-state index in [2.05, 4.69) is 21.2 Å². The van der Waals surface area contributed by atoms with Crippen LogP contribution in [0.25, 0.3) is 11.1 Å². The molecule has 0 heterocycles. The van der Waals surface area contributed by atoms with Crippen LogP contribution in [0.15, 0.2) is 72.8 Å². The number of alkyl halides is 1. The number of rotatable bonds is 5. The Kier molecular flexibility index (Phi) is 6.81. The number of carboxylic acid groups (broad SMARTS) is 1. The topological polar surface area (TPSA) is 69.6 Å². The summed E-state index contributed by atoms with van der Waals surface area (Å²) in [6.07, 6.45) is -1.09. The van der Waals surface area contributed by atoms with Crippen LogP contribution < -0.4 is 10.2 Å². The first kappa shape index (κ1) is 22.6. The zero-order valence-electron chi connectivity index (χ0n) is 17.7. The monoisotopic (exact) mass is 480 g/mol. The Hall–Kier alpha value is -3.12. The number of halogens is 1. The van der Waals surface area contributed by atoms with E-state index in [-0.39, 0.29) is 5.91 Å². The lowest BCUT2D eigenvalue weighted by Gasteiger charge is -2.34. The van der Waals surface area contributed by atoms with Crippen molar-refractivity contribution in [2.24, 2.45) is 0 Å². The Morgan fingerprint density at radius 3 is 2.13 bits per heavy atom. The van der Waals surface area contributed by atoms with Crippen LogP contribution in [0, 0.1) is 0 Å². The minimum Gasteiger partial charge on any atom is -0.465 e. The summed E-state index contributed by atoms with van der Waals surface area (Å²) in [4.78, 5) is 26.3. The molecule has 0 aliphatic carbocycles. The number of hydrogen-bond donors (Lipinski definition) is 2. The largest absolute Gasteiger partial charge is 0.465 e. The van der Waals surface area contributed by atoms with Crippen LogP contribution in [0.3, 0.4) is 0 Å². The first-order valence-electron chi connectivity index (χ1n) is 9.89. The van der Waals surface area contributed by atoms with Gasteiger partial charge in [-0.2, -0.15) is 0 Å². The molecule has 0 saturated carbocycles. The maximum Gasteiger partial charge on any atom is 0.412 e. The lowest BCUT2D eigenvalue weighted by Crippen LogP contribution is -2.45. The van der Waals surface area contributed by atoms with Crippen LogP contribution in [-0.4, -0.2) is 22.6 Å². The van der Waals surface area contributed by atoms with E-state index in [1.807, 2.05) is 75.4 Å². The molecule has 0 saturated heterocycles. The molecular weight excluding hydrogens is 456 g/mol. The van der Waals surface area contributed by atoms with E-state index in [9.17, 15) is 14.7 Å². The zero-order valence-corrected chi connectivity index (χ0v) is 19.3. The molecule has 2 amide bonds. The molecule has 5 nitrogen and oxygen atoms in total. The SMILES string of the molecule is CC(C)(C)N(C(=O)O)c1ccc(-c2ccccc2)cc1NC(=O)c1ccc(CBr)cc1. The van der Waals surface area contributed by atoms with Crippen molar-refractivity contribution in [3.05, 3.63) is 83.9 Å². The fourth-order valence-corrected chi connectivity index (χ4v) is 3.71. The fraction of sp³-hybridized carbons (Fsp3) is 0.200. The van der Waals surface area contributed by atoms with Crippen LogP contribution in [0.5, 0.6) is 0 Å². The van der Waals surface area contributed by atoms with Gasteiger partial charge in [0, 0.05) is 16.4 Å². The minimum absolute atomic E-state index is 0.299. The van der Waals surface area contributed by atoms with Gasteiger partial charge in [0.05, 0.1) is 11.4 Å². The van der Waals surface area contributed by atoms with Crippen LogP contribution in [0.2, 0.25) is 0 Å².